The van der Waals surface area contributed by atoms with Gasteiger partial charge in [0.2, 0.25) is 5.91 Å². The lowest BCUT2D eigenvalue weighted by atomic mass is 10.1. The quantitative estimate of drug-likeness (QED) is 0.821. The number of anilines is 1. The van der Waals surface area contributed by atoms with Crippen molar-refractivity contribution in [2.75, 3.05) is 11.9 Å². The smallest absolute Gasteiger partial charge is 0.241 e. The maximum absolute atomic E-state index is 12.5. The molecule has 1 aliphatic heterocycles. The van der Waals surface area contributed by atoms with E-state index in [9.17, 15) is 4.79 Å². The molecule has 2 atom stereocenters. The van der Waals surface area contributed by atoms with E-state index in [0.717, 1.165) is 13.0 Å². The SMILES string of the molecule is CCC1CCCN1C(C)C(=O)Nc1ccccc1C(N)=S. The number of carbonyl (C=O) groups excluding carboxylic acids is 1. The van der Waals surface area contributed by atoms with E-state index >= 15 is 0 Å². The topological polar surface area (TPSA) is 58.4 Å². The number of likely N-dealkylation sites (tertiary alicyclic amines) is 1. The number of nitrogens with zero attached hydrogens (tertiary/aromatic N) is 1. The zero-order chi connectivity index (χ0) is 15.4. The zero-order valence-corrected chi connectivity index (χ0v) is 13.5. The highest BCUT2D eigenvalue weighted by Crippen LogP contribution is 2.23. The average molecular weight is 305 g/mol. The van der Waals surface area contributed by atoms with E-state index < -0.39 is 0 Å². The lowest BCUT2D eigenvalue weighted by molar-refractivity contribution is -0.121. The first-order valence-corrected chi connectivity index (χ1v) is 7.90. The fraction of sp³-hybridized carbons (Fsp3) is 0.500. The Hall–Kier alpha value is -1.46. The summed E-state index contributed by atoms with van der Waals surface area (Å²) >= 11 is 5.03. The molecule has 1 saturated heterocycles. The van der Waals surface area contributed by atoms with Gasteiger partial charge in [0, 0.05) is 11.6 Å². The maximum atomic E-state index is 12.5. The molecule has 1 heterocycles. The average Bonchev–Trinajstić information content (AvgIpc) is 2.95. The van der Waals surface area contributed by atoms with E-state index in [1.54, 1.807) is 0 Å². The molecule has 2 rings (SSSR count). The van der Waals surface area contributed by atoms with Crippen LogP contribution in [0.15, 0.2) is 24.3 Å². The van der Waals surface area contributed by atoms with Gasteiger partial charge < -0.3 is 11.1 Å². The van der Waals surface area contributed by atoms with Crippen molar-refractivity contribution in [1.82, 2.24) is 4.90 Å². The second-order valence-corrected chi connectivity index (χ2v) is 5.96. The van der Waals surface area contributed by atoms with Crippen LogP contribution in [-0.2, 0) is 4.79 Å². The van der Waals surface area contributed by atoms with Gasteiger partial charge in [0.25, 0.3) is 0 Å². The third kappa shape index (κ3) is 3.60. The van der Waals surface area contributed by atoms with E-state index in [0.29, 0.717) is 22.3 Å². The molecule has 0 radical (unpaired) electrons. The van der Waals surface area contributed by atoms with E-state index in [4.69, 9.17) is 18.0 Å². The number of thiocarbonyl (C=S) groups is 1. The molecule has 1 amide bonds. The summed E-state index contributed by atoms with van der Waals surface area (Å²) in [6.07, 6.45) is 3.43. The van der Waals surface area contributed by atoms with Crippen LogP contribution in [0.2, 0.25) is 0 Å². The van der Waals surface area contributed by atoms with Gasteiger partial charge in [-0.05, 0) is 44.9 Å². The Labute approximate surface area is 131 Å². The molecule has 1 aromatic rings. The van der Waals surface area contributed by atoms with Gasteiger partial charge in [-0.15, -0.1) is 0 Å². The fourth-order valence-corrected chi connectivity index (χ4v) is 3.18. The molecule has 0 bridgehead atoms. The molecular formula is C16H23N3OS. The third-order valence-corrected chi connectivity index (χ3v) is 4.44. The molecule has 0 aliphatic carbocycles. The van der Waals surface area contributed by atoms with Crippen molar-refractivity contribution in [2.45, 2.75) is 45.2 Å². The van der Waals surface area contributed by atoms with Gasteiger partial charge >= 0.3 is 0 Å². The summed E-state index contributed by atoms with van der Waals surface area (Å²) in [6, 6.07) is 7.76. The van der Waals surface area contributed by atoms with Crippen LogP contribution in [0, 0.1) is 0 Å². The number of hydrogen-bond donors (Lipinski definition) is 2. The minimum atomic E-state index is -0.142. The fourth-order valence-electron chi connectivity index (χ4n) is 3.00. The summed E-state index contributed by atoms with van der Waals surface area (Å²) in [4.78, 5) is 15.1. The number of hydrogen-bond acceptors (Lipinski definition) is 3. The van der Waals surface area contributed by atoms with Crippen molar-refractivity contribution in [1.29, 1.82) is 0 Å². The lowest BCUT2D eigenvalue weighted by Crippen LogP contribution is -2.44. The van der Waals surface area contributed by atoms with Crippen LogP contribution >= 0.6 is 12.2 Å². The standard InChI is InChI=1S/C16H23N3OS/c1-3-12-7-6-10-19(12)11(2)16(20)18-14-9-5-4-8-13(14)15(17)21/h4-5,8-9,11-12H,3,6-7,10H2,1-2H3,(H2,17,21)(H,18,20). The second kappa shape index (κ2) is 7.00. The number of rotatable bonds is 5. The lowest BCUT2D eigenvalue weighted by Gasteiger charge is -2.29. The number of carbonyl (C=O) groups is 1. The van der Waals surface area contributed by atoms with Crippen molar-refractivity contribution in [3.63, 3.8) is 0 Å². The Balaban J connectivity index is 2.09. The van der Waals surface area contributed by atoms with Crippen molar-refractivity contribution in [3.05, 3.63) is 29.8 Å². The van der Waals surface area contributed by atoms with Gasteiger partial charge in [-0.2, -0.15) is 0 Å². The van der Waals surface area contributed by atoms with Gasteiger partial charge in [-0.1, -0.05) is 31.3 Å². The maximum Gasteiger partial charge on any atom is 0.241 e. The molecule has 0 spiro atoms. The summed E-state index contributed by atoms with van der Waals surface area (Å²) in [7, 11) is 0. The zero-order valence-electron chi connectivity index (χ0n) is 12.6. The van der Waals surface area contributed by atoms with Crippen LogP contribution in [0.5, 0.6) is 0 Å². The molecule has 1 fully saturated rings. The molecule has 0 aromatic heterocycles. The molecule has 3 N–H and O–H groups in total. The Morgan fingerprint density at radius 1 is 1.52 bits per heavy atom. The predicted octanol–water partition coefficient (Wildman–Crippen LogP) is 2.52. The first kappa shape index (κ1) is 15.9. The number of amides is 1. The van der Waals surface area contributed by atoms with Gasteiger partial charge in [-0.3, -0.25) is 9.69 Å². The Kier molecular flexibility index (Phi) is 5.31. The van der Waals surface area contributed by atoms with Crippen molar-refractivity contribution in [2.24, 2.45) is 5.73 Å². The van der Waals surface area contributed by atoms with Crippen LogP contribution in [0.1, 0.15) is 38.7 Å². The highest BCUT2D eigenvalue weighted by Gasteiger charge is 2.31. The summed E-state index contributed by atoms with van der Waals surface area (Å²) < 4.78 is 0. The van der Waals surface area contributed by atoms with Gasteiger partial charge in [0.05, 0.1) is 11.7 Å². The molecule has 2 unspecified atom stereocenters. The summed E-state index contributed by atoms with van der Waals surface area (Å²) in [6.45, 7) is 5.13. The van der Waals surface area contributed by atoms with Gasteiger partial charge in [0.15, 0.2) is 0 Å². The van der Waals surface area contributed by atoms with Crippen molar-refractivity contribution in [3.8, 4) is 0 Å². The highest BCUT2D eigenvalue weighted by molar-refractivity contribution is 7.80. The van der Waals surface area contributed by atoms with E-state index in [1.807, 2.05) is 31.2 Å². The van der Waals surface area contributed by atoms with Crippen LogP contribution in [0.25, 0.3) is 0 Å². The number of para-hydroxylation sites is 1. The predicted molar refractivity (Wildman–Crippen MR) is 90.4 cm³/mol. The van der Waals surface area contributed by atoms with Gasteiger partial charge in [0.1, 0.15) is 4.99 Å². The Morgan fingerprint density at radius 2 is 2.24 bits per heavy atom. The Bertz CT molecular complexity index is 532. The normalized spacial score (nSPS) is 20.2. The first-order valence-electron chi connectivity index (χ1n) is 7.50. The van der Waals surface area contributed by atoms with E-state index in [2.05, 4.69) is 17.1 Å². The largest absolute Gasteiger partial charge is 0.389 e. The first-order chi connectivity index (χ1) is 10.0. The molecule has 0 saturated carbocycles. The van der Waals surface area contributed by atoms with Crippen LogP contribution in [0.3, 0.4) is 0 Å². The summed E-state index contributed by atoms with van der Waals surface area (Å²) in [5.41, 5.74) is 7.10. The third-order valence-electron chi connectivity index (χ3n) is 4.22. The number of nitrogens with two attached hydrogens (primary N) is 1. The van der Waals surface area contributed by atoms with Crippen molar-refractivity contribution < 1.29 is 4.79 Å². The second-order valence-electron chi connectivity index (χ2n) is 5.52. The van der Waals surface area contributed by atoms with E-state index in [1.165, 1.54) is 12.8 Å². The van der Waals surface area contributed by atoms with E-state index in [-0.39, 0.29) is 11.9 Å². The molecule has 114 valence electrons. The highest BCUT2D eigenvalue weighted by atomic mass is 32.1. The summed E-state index contributed by atoms with van der Waals surface area (Å²) in [5.74, 6) is -0.000880. The monoisotopic (exact) mass is 305 g/mol. The number of nitrogens with one attached hydrogen (secondary N) is 1. The molecule has 4 nitrogen and oxygen atoms in total. The van der Waals surface area contributed by atoms with Crippen LogP contribution in [0.4, 0.5) is 5.69 Å². The van der Waals surface area contributed by atoms with Crippen LogP contribution in [-0.4, -0.2) is 34.4 Å². The Morgan fingerprint density at radius 3 is 2.90 bits per heavy atom. The molecule has 1 aliphatic rings. The van der Waals surface area contributed by atoms with Gasteiger partial charge in [-0.25, -0.2) is 0 Å². The molecule has 1 aromatic carbocycles. The molecular weight excluding hydrogens is 282 g/mol. The van der Waals surface area contributed by atoms with Crippen molar-refractivity contribution >= 4 is 28.8 Å². The molecule has 21 heavy (non-hydrogen) atoms. The minimum Gasteiger partial charge on any atom is -0.389 e. The number of benzene rings is 1. The van der Waals surface area contributed by atoms with Crippen LogP contribution < -0.4 is 11.1 Å². The summed E-state index contributed by atoms with van der Waals surface area (Å²) in [5, 5.41) is 2.97. The minimum absolute atomic E-state index is 0.000880. The molecule has 5 heteroatoms.